The summed E-state index contributed by atoms with van der Waals surface area (Å²) in [4.78, 5) is 12.1. The first kappa shape index (κ1) is 18.8. The van der Waals surface area contributed by atoms with Gasteiger partial charge < -0.3 is 5.32 Å². The SMILES string of the molecule is Cc1nnc(S[C@@H](C)C(=O)NCCc2ccc(S(N)(=O)=O)cc2)s1. The van der Waals surface area contributed by atoms with Crippen molar-refractivity contribution in [1.29, 1.82) is 0 Å². The number of hydrogen-bond donors (Lipinski definition) is 2. The van der Waals surface area contributed by atoms with Gasteiger partial charge in [-0.2, -0.15) is 0 Å². The molecule has 0 saturated carbocycles. The van der Waals surface area contributed by atoms with Gasteiger partial charge in [-0.05, 0) is 38.0 Å². The van der Waals surface area contributed by atoms with Crippen LogP contribution in [-0.4, -0.2) is 36.3 Å². The molecule has 24 heavy (non-hydrogen) atoms. The molecule has 0 spiro atoms. The Kier molecular flexibility index (Phi) is 6.33. The van der Waals surface area contributed by atoms with Crippen molar-refractivity contribution in [2.75, 3.05) is 6.54 Å². The Morgan fingerprint density at radius 3 is 2.54 bits per heavy atom. The number of thioether (sulfide) groups is 1. The maximum atomic E-state index is 12.1. The summed E-state index contributed by atoms with van der Waals surface area (Å²) in [7, 11) is -3.68. The number of primary sulfonamides is 1. The summed E-state index contributed by atoms with van der Waals surface area (Å²) >= 11 is 2.83. The van der Waals surface area contributed by atoms with E-state index in [-0.39, 0.29) is 16.1 Å². The van der Waals surface area contributed by atoms with E-state index in [1.54, 1.807) is 12.1 Å². The first-order valence-electron chi connectivity index (χ1n) is 7.12. The lowest BCUT2D eigenvalue weighted by Gasteiger charge is -2.10. The van der Waals surface area contributed by atoms with Crippen molar-refractivity contribution in [1.82, 2.24) is 15.5 Å². The molecule has 0 unspecified atom stereocenters. The molecule has 7 nitrogen and oxygen atoms in total. The van der Waals surface area contributed by atoms with E-state index in [1.807, 2.05) is 13.8 Å². The van der Waals surface area contributed by atoms with E-state index in [1.165, 1.54) is 35.2 Å². The smallest absolute Gasteiger partial charge is 0.238 e. The number of nitrogens with two attached hydrogens (primary N) is 1. The zero-order valence-electron chi connectivity index (χ0n) is 13.2. The number of hydrogen-bond acceptors (Lipinski definition) is 7. The molecule has 0 aliphatic heterocycles. The first-order valence-corrected chi connectivity index (χ1v) is 10.4. The number of benzene rings is 1. The number of nitrogens with one attached hydrogen (secondary N) is 1. The monoisotopic (exact) mass is 386 g/mol. The van der Waals surface area contributed by atoms with Crippen LogP contribution in [-0.2, 0) is 21.2 Å². The Morgan fingerprint density at radius 1 is 1.33 bits per heavy atom. The minimum Gasteiger partial charge on any atom is -0.355 e. The molecule has 0 aliphatic carbocycles. The molecule has 1 amide bonds. The molecular formula is C14H18N4O3S3. The second-order valence-electron chi connectivity index (χ2n) is 5.08. The molecule has 1 heterocycles. The van der Waals surface area contributed by atoms with E-state index in [4.69, 9.17) is 5.14 Å². The maximum absolute atomic E-state index is 12.1. The predicted molar refractivity (Wildman–Crippen MR) is 94.5 cm³/mol. The third-order valence-electron chi connectivity index (χ3n) is 3.12. The fraction of sp³-hybridized carbons (Fsp3) is 0.357. The van der Waals surface area contributed by atoms with Crippen LogP contribution < -0.4 is 10.5 Å². The minimum atomic E-state index is -3.68. The van der Waals surface area contributed by atoms with Gasteiger partial charge >= 0.3 is 0 Å². The molecule has 2 aromatic rings. The van der Waals surface area contributed by atoms with Crippen molar-refractivity contribution in [2.24, 2.45) is 5.14 Å². The molecule has 0 aliphatic rings. The zero-order chi connectivity index (χ0) is 17.7. The van der Waals surface area contributed by atoms with E-state index in [0.29, 0.717) is 13.0 Å². The molecule has 130 valence electrons. The quantitative estimate of drug-likeness (QED) is 0.694. The number of nitrogens with zero attached hydrogens (tertiary/aromatic N) is 2. The number of aryl methyl sites for hydroxylation is 1. The van der Waals surface area contributed by atoms with Gasteiger partial charge in [-0.1, -0.05) is 35.2 Å². The van der Waals surface area contributed by atoms with Crippen molar-refractivity contribution in [3.05, 3.63) is 34.8 Å². The Balaban J connectivity index is 1.79. The molecule has 1 aromatic carbocycles. The lowest BCUT2D eigenvalue weighted by Crippen LogP contribution is -2.32. The Hall–Kier alpha value is -1.49. The van der Waals surface area contributed by atoms with Crippen molar-refractivity contribution in [3.63, 3.8) is 0 Å². The predicted octanol–water partition coefficient (Wildman–Crippen LogP) is 1.33. The summed E-state index contributed by atoms with van der Waals surface area (Å²) in [6.07, 6.45) is 0.603. The Labute approximate surface area is 149 Å². The number of carbonyl (C=O) groups is 1. The first-order chi connectivity index (χ1) is 11.3. The molecule has 2 rings (SSSR count). The van der Waals surface area contributed by atoms with Crippen LogP contribution in [0.4, 0.5) is 0 Å². The second kappa shape index (κ2) is 8.06. The number of amides is 1. The van der Waals surface area contributed by atoms with Gasteiger partial charge in [-0.15, -0.1) is 10.2 Å². The van der Waals surface area contributed by atoms with Crippen LogP contribution in [0.5, 0.6) is 0 Å². The number of carbonyl (C=O) groups excluding carboxylic acids is 1. The van der Waals surface area contributed by atoms with E-state index in [9.17, 15) is 13.2 Å². The van der Waals surface area contributed by atoms with Gasteiger partial charge in [0.2, 0.25) is 15.9 Å². The Morgan fingerprint density at radius 2 is 2.00 bits per heavy atom. The third-order valence-corrected chi connectivity index (χ3v) is 6.07. The molecule has 1 aromatic heterocycles. The van der Waals surface area contributed by atoms with E-state index < -0.39 is 10.0 Å². The van der Waals surface area contributed by atoms with Crippen LogP contribution in [0.2, 0.25) is 0 Å². The fourth-order valence-electron chi connectivity index (χ4n) is 1.85. The van der Waals surface area contributed by atoms with Crippen molar-refractivity contribution < 1.29 is 13.2 Å². The van der Waals surface area contributed by atoms with E-state index >= 15 is 0 Å². The standard InChI is InChI=1S/C14H18N4O3S3/c1-9(22-14-18-17-10(2)23-14)13(19)16-8-7-11-3-5-12(6-4-11)24(15,20)21/h3-6,9H,7-8H2,1-2H3,(H,16,19)(H2,15,20,21)/t9-/m0/s1. The molecule has 0 saturated heterocycles. The molecular weight excluding hydrogens is 368 g/mol. The van der Waals surface area contributed by atoms with Crippen molar-refractivity contribution >= 4 is 39.0 Å². The molecule has 0 radical (unpaired) electrons. The van der Waals surface area contributed by atoms with Gasteiger partial charge in [0.25, 0.3) is 0 Å². The topological polar surface area (TPSA) is 115 Å². The molecule has 10 heteroatoms. The number of sulfonamides is 1. The fourth-order valence-corrected chi connectivity index (χ4v) is 4.35. The van der Waals surface area contributed by atoms with Crippen LogP contribution in [0.25, 0.3) is 0 Å². The summed E-state index contributed by atoms with van der Waals surface area (Å²) in [5, 5.41) is 16.4. The summed E-state index contributed by atoms with van der Waals surface area (Å²) in [5.74, 6) is -0.0750. The molecule has 0 fully saturated rings. The summed E-state index contributed by atoms with van der Waals surface area (Å²) in [5.41, 5.74) is 0.919. The minimum absolute atomic E-state index is 0.0750. The highest BCUT2D eigenvalue weighted by Crippen LogP contribution is 2.26. The average Bonchev–Trinajstić information content (AvgIpc) is 2.91. The van der Waals surface area contributed by atoms with Gasteiger partial charge in [0.1, 0.15) is 5.01 Å². The normalized spacial score (nSPS) is 12.8. The van der Waals surface area contributed by atoms with Crippen LogP contribution in [0.15, 0.2) is 33.5 Å². The lowest BCUT2D eigenvalue weighted by molar-refractivity contribution is -0.120. The highest BCUT2D eigenvalue weighted by molar-refractivity contribution is 8.02. The van der Waals surface area contributed by atoms with E-state index in [0.717, 1.165) is 14.9 Å². The number of aromatic nitrogens is 2. The Bertz CT molecular complexity index is 803. The average molecular weight is 387 g/mol. The van der Waals surface area contributed by atoms with E-state index in [2.05, 4.69) is 15.5 Å². The second-order valence-corrected chi connectivity index (χ2v) is 9.41. The van der Waals surface area contributed by atoms with Gasteiger partial charge in [0.15, 0.2) is 4.34 Å². The van der Waals surface area contributed by atoms with Crippen LogP contribution in [0, 0.1) is 6.92 Å². The summed E-state index contributed by atoms with van der Waals surface area (Å²) in [6, 6.07) is 6.30. The highest BCUT2D eigenvalue weighted by atomic mass is 32.2. The van der Waals surface area contributed by atoms with Crippen molar-refractivity contribution in [2.45, 2.75) is 34.8 Å². The number of rotatable bonds is 7. The maximum Gasteiger partial charge on any atom is 0.238 e. The zero-order valence-corrected chi connectivity index (χ0v) is 15.7. The summed E-state index contributed by atoms with van der Waals surface area (Å²) < 4.78 is 23.1. The van der Waals surface area contributed by atoms with Gasteiger partial charge in [0, 0.05) is 6.54 Å². The van der Waals surface area contributed by atoms with Gasteiger partial charge in [-0.3, -0.25) is 4.79 Å². The van der Waals surface area contributed by atoms with Crippen LogP contribution in [0.3, 0.4) is 0 Å². The lowest BCUT2D eigenvalue weighted by atomic mass is 10.1. The molecule has 0 bridgehead atoms. The van der Waals surface area contributed by atoms with Crippen molar-refractivity contribution in [3.8, 4) is 0 Å². The van der Waals surface area contributed by atoms with Crippen LogP contribution >= 0.6 is 23.1 Å². The highest BCUT2D eigenvalue weighted by Gasteiger charge is 2.16. The largest absolute Gasteiger partial charge is 0.355 e. The summed E-state index contributed by atoms with van der Waals surface area (Å²) in [6.45, 7) is 4.15. The van der Waals surface area contributed by atoms with Gasteiger partial charge in [0.05, 0.1) is 10.1 Å². The van der Waals surface area contributed by atoms with Gasteiger partial charge in [-0.25, -0.2) is 13.6 Å². The molecule has 3 N–H and O–H groups in total. The third kappa shape index (κ3) is 5.55. The van der Waals surface area contributed by atoms with Crippen LogP contribution in [0.1, 0.15) is 17.5 Å². The molecule has 1 atom stereocenters.